The number of hydrogen-bond donors (Lipinski definition) is 0. The number of fused-ring (bicyclic) bond motifs is 1. The first-order valence-electron chi connectivity index (χ1n) is 4.97. The third-order valence-electron chi connectivity index (χ3n) is 3.64. The van der Waals surface area contributed by atoms with Gasteiger partial charge in [0, 0.05) is 31.5 Å². The molecular weight excluding hydrogens is 164 g/mol. The lowest BCUT2D eigenvalue weighted by molar-refractivity contribution is -0.127. The van der Waals surface area contributed by atoms with Crippen molar-refractivity contribution >= 4 is 5.91 Å². The van der Waals surface area contributed by atoms with Crippen molar-refractivity contribution in [3.8, 4) is 0 Å². The van der Waals surface area contributed by atoms with Crippen LogP contribution in [0.3, 0.4) is 0 Å². The van der Waals surface area contributed by atoms with E-state index in [1.165, 1.54) is 0 Å². The first-order chi connectivity index (χ1) is 6.03. The van der Waals surface area contributed by atoms with Crippen molar-refractivity contribution in [1.29, 1.82) is 0 Å². The lowest BCUT2D eigenvalue weighted by Gasteiger charge is -2.41. The Morgan fingerprint density at radius 3 is 2.85 bits per heavy atom. The molecule has 2 aliphatic heterocycles. The highest BCUT2D eigenvalue weighted by molar-refractivity contribution is 5.80. The maximum absolute atomic E-state index is 11.6. The highest BCUT2D eigenvalue weighted by atomic mass is 16.2. The Morgan fingerprint density at radius 2 is 2.15 bits per heavy atom. The van der Waals surface area contributed by atoms with Gasteiger partial charge in [-0.2, -0.15) is 0 Å². The van der Waals surface area contributed by atoms with E-state index in [4.69, 9.17) is 0 Å². The topological polar surface area (TPSA) is 23.6 Å². The summed E-state index contributed by atoms with van der Waals surface area (Å²) < 4.78 is 0. The zero-order valence-electron chi connectivity index (χ0n) is 8.71. The van der Waals surface area contributed by atoms with E-state index in [1.54, 1.807) is 0 Å². The Kier molecular flexibility index (Phi) is 1.88. The van der Waals surface area contributed by atoms with Crippen LogP contribution in [0.4, 0.5) is 0 Å². The lowest BCUT2D eigenvalue weighted by Crippen LogP contribution is -2.49. The van der Waals surface area contributed by atoms with Crippen molar-refractivity contribution in [2.45, 2.75) is 25.8 Å². The van der Waals surface area contributed by atoms with Gasteiger partial charge in [0.05, 0.1) is 0 Å². The number of hydrogen-bond acceptors (Lipinski definition) is 2. The molecule has 0 bridgehead atoms. The van der Waals surface area contributed by atoms with Crippen LogP contribution in [0.1, 0.15) is 19.8 Å². The monoisotopic (exact) mass is 182 g/mol. The van der Waals surface area contributed by atoms with Crippen LogP contribution in [0.15, 0.2) is 0 Å². The fraction of sp³-hybridized carbons (Fsp3) is 0.900. The average Bonchev–Trinajstić information content (AvgIpc) is 2.22. The number of likely N-dealkylation sites (tertiary alicyclic amines) is 2. The molecule has 1 amide bonds. The van der Waals surface area contributed by atoms with Crippen molar-refractivity contribution in [3.05, 3.63) is 0 Å². The summed E-state index contributed by atoms with van der Waals surface area (Å²) in [4.78, 5) is 15.8. The molecule has 0 aromatic rings. The van der Waals surface area contributed by atoms with Crippen LogP contribution in [0.25, 0.3) is 0 Å². The maximum atomic E-state index is 11.6. The van der Waals surface area contributed by atoms with Crippen LogP contribution in [0.5, 0.6) is 0 Å². The van der Waals surface area contributed by atoms with Crippen molar-refractivity contribution < 1.29 is 4.79 Å². The lowest BCUT2D eigenvalue weighted by atomic mass is 9.78. The summed E-state index contributed by atoms with van der Waals surface area (Å²) >= 11 is 0. The normalized spacial score (nSPS) is 41.0. The van der Waals surface area contributed by atoms with Crippen LogP contribution < -0.4 is 0 Å². The van der Waals surface area contributed by atoms with Gasteiger partial charge < -0.3 is 9.80 Å². The van der Waals surface area contributed by atoms with E-state index in [-0.39, 0.29) is 5.41 Å². The average molecular weight is 182 g/mol. The molecule has 2 fully saturated rings. The van der Waals surface area contributed by atoms with E-state index in [2.05, 4.69) is 18.9 Å². The van der Waals surface area contributed by atoms with Crippen molar-refractivity contribution in [2.24, 2.45) is 5.41 Å². The van der Waals surface area contributed by atoms with Crippen LogP contribution in [0, 0.1) is 5.41 Å². The van der Waals surface area contributed by atoms with E-state index >= 15 is 0 Å². The Balaban J connectivity index is 2.22. The Bertz CT molecular complexity index is 241. The van der Waals surface area contributed by atoms with Gasteiger partial charge in [-0.25, -0.2) is 0 Å². The first-order valence-corrected chi connectivity index (χ1v) is 4.97. The molecule has 2 aliphatic rings. The molecule has 2 saturated heterocycles. The minimum absolute atomic E-state index is 0.207. The quantitative estimate of drug-likeness (QED) is 0.546. The van der Waals surface area contributed by atoms with E-state index in [0.29, 0.717) is 11.9 Å². The zero-order valence-corrected chi connectivity index (χ0v) is 8.71. The second-order valence-corrected chi connectivity index (χ2v) is 4.88. The molecule has 74 valence electrons. The summed E-state index contributed by atoms with van der Waals surface area (Å²) in [7, 11) is 4.09. The van der Waals surface area contributed by atoms with Crippen LogP contribution in [0.2, 0.25) is 0 Å². The van der Waals surface area contributed by atoms with Crippen LogP contribution in [-0.2, 0) is 4.79 Å². The van der Waals surface area contributed by atoms with Gasteiger partial charge in [0.25, 0.3) is 0 Å². The summed E-state index contributed by atoms with van der Waals surface area (Å²) in [6.07, 6.45) is 1.87. The van der Waals surface area contributed by atoms with Crippen LogP contribution in [-0.4, -0.2) is 48.9 Å². The van der Waals surface area contributed by atoms with Crippen molar-refractivity contribution in [1.82, 2.24) is 9.80 Å². The summed E-state index contributed by atoms with van der Waals surface area (Å²) in [5.41, 5.74) is 0.207. The van der Waals surface area contributed by atoms with Crippen LogP contribution >= 0.6 is 0 Å². The molecule has 0 aliphatic carbocycles. The third-order valence-corrected chi connectivity index (χ3v) is 3.64. The standard InChI is InChI=1S/C10H18N2O/c1-10-6-9(13)12(3)8(10)4-5-11(2)7-10/h8H,4-7H2,1-3H3. The molecular formula is C10H18N2O. The number of carbonyl (C=O) groups is 1. The Labute approximate surface area is 79.7 Å². The minimum Gasteiger partial charge on any atom is -0.342 e. The molecule has 0 aromatic carbocycles. The zero-order chi connectivity index (χ0) is 9.64. The molecule has 0 saturated carbocycles. The van der Waals surface area contributed by atoms with Gasteiger partial charge in [-0.3, -0.25) is 4.79 Å². The summed E-state index contributed by atoms with van der Waals surface area (Å²) in [5, 5.41) is 0. The van der Waals surface area contributed by atoms with Gasteiger partial charge in [0.1, 0.15) is 0 Å². The highest BCUT2D eigenvalue weighted by Crippen LogP contribution is 2.41. The van der Waals surface area contributed by atoms with E-state index in [1.807, 2.05) is 11.9 Å². The predicted octanol–water partition coefficient (Wildman–Crippen LogP) is 0.559. The predicted molar refractivity (Wildman–Crippen MR) is 51.4 cm³/mol. The number of piperidine rings is 1. The molecule has 2 heterocycles. The van der Waals surface area contributed by atoms with Gasteiger partial charge in [0.2, 0.25) is 5.91 Å². The second-order valence-electron chi connectivity index (χ2n) is 4.88. The maximum Gasteiger partial charge on any atom is 0.223 e. The molecule has 0 radical (unpaired) electrons. The molecule has 2 atom stereocenters. The Morgan fingerprint density at radius 1 is 1.46 bits per heavy atom. The van der Waals surface area contributed by atoms with E-state index < -0.39 is 0 Å². The van der Waals surface area contributed by atoms with E-state index in [9.17, 15) is 4.79 Å². The second kappa shape index (κ2) is 2.71. The smallest absolute Gasteiger partial charge is 0.223 e. The molecule has 2 rings (SSSR count). The fourth-order valence-electron chi connectivity index (χ4n) is 2.97. The van der Waals surface area contributed by atoms with Crippen molar-refractivity contribution in [3.63, 3.8) is 0 Å². The van der Waals surface area contributed by atoms with Gasteiger partial charge in [0.15, 0.2) is 0 Å². The molecule has 0 aromatic heterocycles. The molecule has 2 unspecified atom stereocenters. The molecule has 0 N–H and O–H groups in total. The SMILES string of the molecule is CN1CCC2N(C)C(=O)CC2(C)C1. The third kappa shape index (κ3) is 1.26. The molecule has 0 spiro atoms. The summed E-state index contributed by atoms with van der Waals surface area (Å²) in [6.45, 7) is 4.43. The minimum atomic E-state index is 0.207. The largest absolute Gasteiger partial charge is 0.342 e. The van der Waals surface area contributed by atoms with Gasteiger partial charge in [-0.05, 0) is 20.0 Å². The first kappa shape index (κ1) is 9.00. The number of nitrogens with zero attached hydrogens (tertiary/aromatic N) is 2. The number of carbonyl (C=O) groups excluding carboxylic acids is 1. The van der Waals surface area contributed by atoms with Gasteiger partial charge in [-0.1, -0.05) is 6.92 Å². The molecule has 3 nitrogen and oxygen atoms in total. The summed E-state index contributed by atoms with van der Waals surface area (Å²) in [5.74, 6) is 0.322. The van der Waals surface area contributed by atoms with E-state index in [0.717, 1.165) is 25.9 Å². The molecule has 3 heteroatoms. The highest BCUT2D eigenvalue weighted by Gasteiger charge is 2.49. The number of amides is 1. The molecule has 13 heavy (non-hydrogen) atoms. The number of rotatable bonds is 0. The van der Waals surface area contributed by atoms with Crippen molar-refractivity contribution in [2.75, 3.05) is 27.2 Å². The Hall–Kier alpha value is -0.570. The fourth-order valence-corrected chi connectivity index (χ4v) is 2.97. The summed E-state index contributed by atoms with van der Waals surface area (Å²) in [6, 6.07) is 0.483. The van der Waals surface area contributed by atoms with Gasteiger partial charge >= 0.3 is 0 Å². The van der Waals surface area contributed by atoms with Gasteiger partial charge in [-0.15, -0.1) is 0 Å².